The van der Waals surface area contributed by atoms with E-state index in [4.69, 9.17) is 4.74 Å². The maximum absolute atomic E-state index is 12.6. The molecule has 27 heavy (non-hydrogen) atoms. The second-order valence-corrected chi connectivity index (χ2v) is 7.89. The lowest BCUT2D eigenvalue weighted by molar-refractivity contribution is -0.141. The van der Waals surface area contributed by atoms with Crippen LogP contribution < -0.4 is 16.0 Å². The Bertz CT molecular complexity index is 540. The Balaban J connectivity index is 5.06. The van der Waals surface area contributed by atoms with Gasteiger partial charge in [-0.15, -0.1) is 0 Å². The number of alkyl carbamates (subject to hydrolysis) is 1. The third-order valence-corrected chi connectivity index (χ3v) is 3.50. The fourth-order valence-corrected chi connectivity index (χ4v) is 2.09. The molecule has 0 aliphatic rings. The molecule has 0 bridgehead atoms. The summed E-state index contributed by atoms with van der Waals surface area (Å²) in [5.74, 6) is -2.08. The number of amides is 3. The molecule has 0 aromatic carbocycles. The lowest BCUT2D eigenvalue weighted by atomic mass is 10.00. The molecule has 0 saturated heterocycles. The zero-order valence-electron chi connectivity index (χ0n) is 17.5. The average molecular weight is 387 g/mol. The minimum Gasteiger partial charge on any atom is -0.468 e. The summed E-state index contributed by atoms with van der Waals surface area (Å²) in [4.78, 5) is 48.1. The van der Waals surface area contributed by atoms with Gasteiger partial charge in [-0.2, -0.15) is 0 Å². The minimum absolute atomic E-state index is 0.233. The Morgan fingerprint density at radius 1 is 0.852 bits per heavy atom. The van der Waals surface area contributed by atoms with E-state index in [0.29, 0.717) is 0 Å². The third-order valence-electron chi connectivity index (χ3n) is 3.50. The first-order valence-corrected chi connectivity index (χ1v) is 8.92. The Labute approximate surface area is 160 Å². The molecule has 0 fully saturated rings. The number of carbonyl (C=O) groups excluding carboxylic acids is 4. The van der Waals surface area contributed by atoms with Crippen molar-refractivity contribution in [2.24, 2.45) is 11.8 Å². The number of nitrogens with one attached hydrogen (secondary N) is 3. The van der Waals surface area contributed by atoms with Crippen molar-refractivity contribution in [1.82, 2.24) is 16.0 Å². The molecule has 2 atom stereocenters. The monoisotopic (exact) mass is 387 g/mol. The van der Waals surface area contributed by atoms with Gasteiger partial charge in [0.05, 0.1) is 7.11 Å². The first kappa shape index (κ1) is 24.7. The normalized spacial score (nSPS) is 13.6. The van der Waals surface area contributed by atoms with E-state index < -0.39 is 41.6 Å². The largest absolute Gasteiger partial charge is 0.468 e. The maximum atomic E-state index is 12.6. The van der Waals surface area contributed by atoms with E-state index in [0.717, 1.165) is 0 Å². The molecule has 1 unspecified atom stereocenters. The number of methoxy groups -OCH3 is 1. The van der Waals surface area contributed by atoms with E-state index >= 15 is 0 Å². The Hall–Kier alpha value is -2.32. The second-order valence-electron chi connectivity index (χ2n) is 7.89. The molecule has 9 nitrogen and oxygen atoms in total. The molecular formula is C18H33N3O6. The van der Waals surface area contributed by atoms with Crippen molar-refractivity contribution in [3.8, 4) is 0 Å². The highest BCUT2D eigenvalue weighted by Crippen LogP contribution is 2.10. The maximum Gasteiger partial charge on any atom is 0.408 e. The SMILES string of the molecule is COC(=O)CNC(=O)C(NC(=O)[C@@H](NC(=O)OC(C)(C)C)C(C)C)C(C)C. The van der Waals surface area contributed by atoms with Crippen molar-refractivity contribution >= 4 is 23.9 Å². The van der Waals surface area contributed by atoms with Gasteiger partial charge >= 0.3 is 12.1 Å². The lowest BCUT2D eigenvalue weighted by Crippen LogP contribution is -2.57. The summed E-state index contributed by atoms with van der Waals surface area (Å²) in [5.41, 5.74) is -0.698. The van der Waals surface area contributed by atoms with E-state index in [-0.39, 0.29) is 18.4 Å². The summed E-state index contributed by atoms with van der Waals surface area (Å²) in [6, 6.07) is -1.75. The summed E-state index contributed by atoms with van der Waals surface area (Å²) in [5, 5.41) is 7.59. The van der Waals surface area contributed by atoms with Crippen LogP contribution in [0.5, 0.6) is 0 Å². The van der Waals surface area contributed by atoms with Crippen molar-refractivity contribution in [2.45, 2.75) is 66.2 Å². The fourth-order valence-electron chi connectivity index (χ4n) is 2.09. The van der Waals surface area contributed by atoms with Gasteiger partial charge in [0.1, 0.15) is 24.2 Å². The molecule has 0 aliphatic carbocycles. The summed E-state index contributed by atoms with van der Waals surface area (Å²) in [6.07, 6.45) is -0.715. The highest BCUT2D eigenvalue weighted by atomic mass is 16.6. The van der Waals surface area contributed by atoms with Crippen LogP contribution in [-0.4, -0.2) is 55.2 Å². The Morgan fingerprint density at radius 3 is 1.74 bits per heavy atom. The first-order valence-electron chi connectivity index (χ1n) is 8.92. The van der Waals surface area contributed by atoms with Crippen LogP contribution in [0.25, 0.3) is 0 Å². The van der Waals surface area contributed by atoms with Crippen molar-refractivity contribution in [1.29, 1.82) is 0 Å². The van der Waals surface area contributed by atoms with Crippen LogP contribution in [-0.2, 0) is 23.9 Å². The second kappa shape index (κ2) is 10.7. The summed E-state index contributed by atoms with van der Waals surface area (Å²) in [6.45, 7) is 11.9. The van der Waals surface area contributed by atoms with Gasteiger partial charge in [0.25, 0.3) is 0 Å². The minimum atomic E-state index is -0.880. The molecule has 0 aromatic heterocycles. The first-order chi connectivity index (χ1) is 12.3. The van der Waals surface area contributed by atoms with Crippen LogP contribution in [0.2, 0.25) is 0 Å². The van der Waals surface area contributed by atoms with Crippen LogP contribution in [0.3, 0.4) is 0 Å². The van der Waals surface area contributed by atoms with Crippen molar-refractivity contribution < 1.29 is 28.7 Å². The fraction of sp³-hybridized carbons (Fsp3) is 0.778. The molecule has 3 amide bonds. The Morgan fingerprint density at radius 2 is 1.33 bits per heavy atom. The summed E-state index contributed by atoms with van der Waals surface area (Å²) < 4.78 is 9.66. The van der Waals surface area contributed by atoms with E-state index in [1.807, 2.05) is 0 Å². The topological polar surface area (TPSA) is 123 Å². The van der Waals surface area contributed by atoms with Crippen LogP contribution in [0.4, 0.5) is 4.79 Å². The summed E-state index contributed by atoms with van der Waals surface area (Å²) in [7, 11) is 1.21. The van der Waals surface area contributed by atoms with Gasteiger partial charge in [-0.05, 0) is 32.6 Å². The molecule has 3 N–H and O–H groups in total. The van der Waals surface area contributed by atoms with E-state index in [1.165, 1.54) is 7.11 Å². The highest BCUT2D eigenvalue weighted by Gasteiger charge is 2.31. The zero-order chi connectivity index (χ0) is 21.4. The highest BCUT2D eigenvalue weighted by molar-refractivity contribution is 5.92. The molecule has 0 spiro atoms. The molecule has 156 valence electrons. The smallest absolute Gasteiger partial charge is 0.408 e. The van der Waals surface area contributed by atoms with Crippen LogP contribution in [0.15, 0.2) is 0 Å². The van der Waals surface area contributed by atoms with Gasteiger partial charge < -0.3 is 25.4 Å². The van der Waals surface area contributed by atoms with Gasteiger partial charge in [0.2, 0.25) is 11.8 Å². The van der Waals surface area contributed by atoms with Crippen LogP contribution in [0, 0.1) is 11.8 Å². The lowest BCUT2D eigenvalue weighted by Gasteiger charge is -2.28. The number of hydrogen-bond donors (Lipinski definition) is 3. The molecule has 0 radical (unpaired) electrons. The van der Waals surface area contributed by atoms with Crippen molar-refractivity contribution in [3.63, 3.8) is 0 Å². The number of esters is 1. The molecule has 0 aromatic rings. The van der Waals surface area contributed by atoms with Crippen molar-refractivity contribution in [2.75, 3.05) is 13.7 Å². The molecule has 0 heterocycles. The Kier molecular flexibility index (Phi) is 9.82. The van der Waals surface area contributed by atoms with E-state index in [1.54, 1.807) is 48.5 Å². The number of rotatable bonds is 8. The number of carbonyl (C=O) groups is 4. The van der Waals surface area contributed by atoms with Gasteiger partial charge in [-0.1, -0.05) is 27.7 Å². The van der Waals surface area contributed by atoms with Crippen LogP contribution in [0.1, 0.15) is 48.5 Å². The van der Waals surface area contributed by atoms with Crippen LogP contribution >= 0.6 is 0 Å². The van der Waals surface area contributed by atoms with Gasteiger partial charge in [-0.3, -0.25) is 14.4 Å². The quantitative estimate of drug-likeness (QED) is 0.533. The molecule has 0 saturated carbocycles. The zero-order valence-corrected chi connectivity index (χ0v) is 17.5. The third kappa shape index (κ3) is 9.81. The molecular weight excluding hydrogens is 354 g/mol. The molecule has 0 aliphatic heterocycles. The number of ether oxygens (including phenoxy) is 2. The number of hydrogen-bond acceptors (Lipinski definition) is 6. The van der Waals surface area contributed by atoms with E-state index in [2.05, 4.69) is 20.7 Å². The standard InChI is InChI=1S/C18H33N3O6/c1-10(2)13(15(23)19-9-12(22)26-8)20-16(24)14(11(3)4)21-17(25)27-18(5,6)7/h10-11,13-14H,9H2,1-8H3,(H,19,23)(H,20,24)(H,21,25)/t13?,14-/m0/s1. The summed E-state index contributed by atoms with van der Waals surface area (Å²) >= 11 is 0. The van der Waals surface area contributed by atoms with Crippen molar-refractivity contribution in [3.05, 3.63) is 0 Å². The molecule has 0 rings (SSSR count). The van der Waals surface area contributed by atoms with E-state index in [9.17, 15) is 19.2 Å². The average Bonchev–Trinajstić information content (AvgIpc) is 2.52. The molecule has 9 heteroatoms. The predicted molar refractivity (Wildman–Crippen MR) is 99.8 cm³/mol. The van der Waals surface area contributed by atoms with Gasteiger partial charge in [0.15, 0.2) is 0 Å². The van der Waals surface area contributed by atoms with Gasteiger partial charge in [0, 0.05) is 0 Å². The predicted octanol–water partition coefficient (Wildman–Crippen LogP) is 0.966. The van der Waals surface area contributed by atoms with Gasteiger partial charge in [-0.25, -0.2) is 4.79 Å².